The minimum atomic E-state index is -1.01. The van der Waals surface area contributed by atoms with Crippen LogP contribution in [0.4, 0.5) is 0 Å². The Labute approximate surface area is 272 Å². The van der Waals surface area contributed by atoms with Crippen LogP contribution >= 0.6 is 0 Å². The van der Waals surface area contributed by atoms with Gasteiger partial charge in [0.1, 0.15) is 24.4 Å². The smallest absolute Gasteiger partial charge is 0.303 e. The van der Waals surface area contributed by atoms with E-state index in [9.17, 15) is 9.90 Å². The van der Waals surface area contributed by atoms with Gasteiger partial charge >= 0.3 is 5.97 Å². The molecule has 4 saturated heterocycles. The molecule has 0 aromatic rings. The van der Waals surface area contributed by atoms with Crippen molar-refractivity contribution in [2.75, 3.05) is 35.0 Å². The summed E-state index contributed by atoms with van der Waals surface area (Å²) in [7, 11) is 6.42. The Bertz CT molecular complexity index is 940. The van der Waals surface area contributed by atoms with E-state index in [1.54, 1.807) is 28.3 Å². The van der Waals surface area contributed by atoms with Gasteiger partial charge in [0.15, 0.2) is 25.0 Å². The maximum absolute atomic E-state index is 11.9. The van der Waals surface area contributed by atoms with E-state index < -0.39 is 67.6 Å². The molecule has 0 bridgehead atoms. The highest BCUT2D eigenvalue weighted by Crippen LogP contribution is 2.35. The normalized spacial score (nSPS) is 47.0. The molecule has 14 heteroatoms. The maximum atomic E-state index is 11.9. The van der Waals surface area contributed by atoms with Crippen LogP contribution in [0.2, 0.25) is 0 Å². The molecule has 4 fully saturated rings. The number of aliphatic hydroxyl groups is 1. The zero-order chi connectivity index (χ0) is 33.7. The fourth-order valence-electron chi connectivity index (χ4n) is 7.12. The lowest BCUT2D eigenvalue weighted by molar-refractivity contribution is -0.343. The van der Waals surface area contributed by atoms with Gasteiger partial charge in [-0.25, -0.2) is 0 Å². The van der Waals surface area contributed by atoms with E-state index in [0.29, 0.717) is 19.4 Å². The Morgan fingerprint density at radius 2 is 1.24 bits per heavy atom. The molecule has 14 nitrogen and oxygen atoms in total. The van der Waals surface area contributed by atoms with Gasteiger partial charge in [-0.15, -0.1) is 0 Å². The van der Waals surface area contributed by atoms with Gasteiger partial charge in [0.2, 0.25) is 0 Å². The second kappa shape index (κ2) is 17.1. The van der Waals surface area contributed by atoms with Crippen molar-refractivity contribution in [1.82, 2.24) is 0 Å². The van der Waals surface area contributed by atoms with Gasteiger partial charge in [-0.2, -0.15) is 0 Å². The summed E-state index contributed by atoms with van der Waals surface area (Å²) in [6.45, 7) is 11.2. The highest BCUT2D eigenvalue weighted by Gasteiger charge is 2.50. The molecular weight excluding hydrogens is 608 g/mol. The van der Waals surface area contributed by atoms with Crippen molar-refractivity contribution >= 4 is 5.97 Å². The largest absolute Gasteiger partial charge is 0.454 e. The van der Waals surface area contributed by atoms with Crippen molar-refractivity contribution in [3.8, 4) is 0 Å². The van der Waals surface area contributed by atoms with Crippen molar-refractivity contribution < 1.29 is 66.7 Å². The molecule has 0 amide bonds. The fraction of sp³-hybridized carbons (Fsp3) is 0.969. The van der Waals surface area contributed by atoms with Gasteiger partial charge in [0.25, 0.3) is 0 Å². The molecule has 4 heterocycles. The van der Waals surface area contributed by atoms with Gasteiger partial charge in [-0.1, -0.05) is 0 Å². The number of methoxy groups -OCH3 is 4. The molecule has 0 aromatic carbocycles. The minimum absolute atomic E-state index is 0.0731. The third-order valence-corrected chi connectivity index (χ3v) is 9.65. The molecule has 1 N–H and O–H groups in total. The molecule has 17 atom stereocenters. The average molecular weight is 665 g/mol. The number of hydrogen-bond acceptors (Lipinski definition) is 14. The molecule has 1 unspecified atom stereocenters. The summed E-state index contributed by atoms with van der Waals surface area (Å²) in [5.41, 5.74) is 0. The van der Waals surface area contributed by atoms with E-state index in [1.807, 2.05) is 27.7 Å². The van der Waals surface area contributed by atoms with E-state index in [4.69, 9.17) is 56.8 Å². The monoisotopic (exact) mass is 664 g/mol. The van der Waals surface area contributed by atoms with Crippen molar-refractivity contribution in [3.63, 3.8) is 0 Å². The molecule has 0 saturated carbocycles. The van der Waals surface area contributed by atoms with Crippen LogP contribution in [0.15, 0.2) is 0 Å². The first-order chi connectivity index (χ1) is 21.9. The first kappa shape index (κ1) is 37.8. The summed E-state index contributed by atoms with van der Waals surface area (Å²) in [5.74, 6) is -0.619. The third-order valence-electron chi connectivity index (χ3n) is 9.65. The molecule has 4 aliphatic rings. The number of hydrogen-bond donors (Lipinski definition) is 1. The molecule has 46 heavy (non-hydrogen) atoms. The zero-order valence-corrected chi connectivity index (χ0v) is 28.9. The second-order valence-electron chi connectivity index (χ2n) is 12.9. The van der Waals surface area contributed by atoms with Gasteiger partial charge < -0.3 is 61.9 Å². The van der Waals surface area contributed by atoms with E-state index >= 15 is 0 Å². The van der Waals surface area contributed by atoms with Crippen LogP contribution in [0, 0.1) is 5.92 Å². The van der Waals surface area contributed by atoms with Crippen LogP contribution in [-0.2, 0) is 61.6 Å². The summed E-state index contributed by atoms with van der Waals surface area (Å²) < 4.78 is 72.0. The molecule has 0 aromatic heterocycles. The Morgan fingerprint density at radius 1 is 0.652 bits per heavy atom. The molecule has 268 valence electrons. The van der Waals surface area contributed by atoms with Gasteiger partial charge in [-0.05, 0) is 34.6 Å². The highest BCUT2D eigenvalue weighted by atomic mass is 16.7. The number of carbonyl (C=O) groups excluding carboxylic acids is 1. The van der Waals surface area contributed by atoms with Crippen LogP contribution in [0.1, 0.15) is 60.8 Å². The van der Waals surface area contributed by atoms with Gasteiger partial charge in [0.05, 0.1) is 55.4 Å². The standard InChI is InChI=1S/C32H56O14/c1-15-11-23(36-8)28(18(4)40-15)45-26-12-22(35-7)21(16(2)41-26)14-39-25-13-24(37-9)29(19(5)42-25)46-32-31(44-20(6)33)30(38-10)27(34)17(3)43-32/h15-19,21-32,34H,11-14H2,1-10H3/t15-,16+,17?,18+,19+,21+,22-,23-,24-,25+,26-,27-,28+,29+,30-,31+,32-/m0/s1. The summed E-state index contributed by atoms with van der Waals surface area (Å²) >= 11 is 0. The lowest BCUT2D eigenvalue weighted by atomic mass is 9.91. The topological polar surface area (TPSA) is 148 Å². The molecule has 0 radical (unpaired) electrons. The predicted molar refractivity (Wildman–Crippen MR) is 161 cm³/mol. The van der Waals surface area contributed by atoms with E-state index in [0.717, 1.165) is 6.42 Å². The van der Waals surface area contributed by atoms with Crippen LogP contribution in [0.5, 0.6) is 0 Å². The Kier molecular flexibility index (Phi) is 14.0. The van der Waals surface area contributed by atoms with Crippen molar-refractivity contribution in [3.05, 3.63) is 0 Å². The molecule has 4 rings (SSSR count). The van der Waals surface area contributed by atoms with E-state index in [1.165, 1.54) is 14.0 Å². The molecule has 0 aliphatic carbocycles. The number of aliphatic hydroxyl groups excluding tert-OH is 1. The summed E-state index contributed by atoms with van der Waals surface area (Å²) in [6.07, 6.45) is -6.09. The van der Waals surface area contributed by atoms with Crippen molar-refractivity contribution in [2.45, 2.75) is 159 Å². The molecule has 0 spiro atoms. The maximum Gasteiger partial charge on any atom is 0.303 e. The Morgan fingerprint density at radius 3 is 1.87 bits per heavy atom. The Balaban J connectivity index is 1.34. The summed E-state index contributed by atoms with van der Waals surface area (Å²) in [4.78, 5) is 11.9. The van der Waals surface area contributed by atoms with Crippen molar-refractivity contribution in [2.24, 2.45) is 5.92 Å². The second-order valence-corrected chi connectivity index (χ2v) is 12.9. The first-order valence-corrected chi connectivity index (χ1v) is 16.4. The van der Waals surface area contributed by atoms with E-state index in [-0.39, 0.29) is 42.5 Å². The molecule has 4 aliphatic heterocycles. The van der Waals surface area contributed by atoms with E-state index in [2.05, 4.69) is 0 Å². The third kappa shape index (κ3) is 8.96. The molecular formula is C32H56O14. The van der Waals surface area contributed by atoms with Crippen LogP contribution in [-0.4, -0.2) is 144 Å². The van der Waals surface area contributed by atoms with Crippen LogP contribution in [0.25, 0.3) is 0 Å². The lowest BCUT2D eigenvalue weighted by Crippen LogP contribution is -2.62. The van der Waals surface area contributed by atoms with Gasteiger partial charge in [-0.3, -0.25) is 4.79 Å². The summed E-state index contributed by atoms with van der Waals surface area (Å²) in [6, 6.07) is 0. The summed E-state index contributed by atoms with van der Waals surface area (Å²) in [5, 5.41) is 10.6. The van der Waals surface area contributed by atoms with Crippen LogP contribution in [0.3, 0.4) is 0 Å². The predicted octanol–water partition coefficient (Wildman–Crippen LogP) is 1.95. The van der Waals surface area contributed by atoms with Crippen LogP contribution < -0.4 is 0 Å². The number of rotatable bonds is 12. The number of carbonyl (C=O) groups is 1. The number of esters is 1. The highest BCUT2D eigenvalue weighted by molar-refractivity contribution is 5.66. The fourth-order valence-corrected chi connectivity index (χ4v) is 7.12. The number of ether oxygens (including phenoxy) is 12. The van der Waals surface area contributed by atoms with Gasteiger partial charge in [0, 0.05) is 60.5 Å². The zero-order valence-electron chi connectivity index (χ0n) is 28.9. The Hall–Kier alpha value is -1.01. The minimum Gasteiger partial charge on any atom is -0.454 e. The first-order valence-electron chi connectivity index (χ1n) is 16.4. The average Bonchev–Trinajstić information content (AvgIpc) is 3.00. The quantitative estimate of drug-likeness (QED) is 0.303. The van der Waals surface area contributed by atoms with Crippen molar-refractivity contribution in [1.29, 1.82) is 0 Å². The SMILES string of the molecule is CO[C@@H]1[C@@H](OC(C)=O)[C@H](O[C@H]2[C@@H](OC)C[C@H](OC[C@H]3[C@@H](OC)C[C@H](O[C@H]4[C@@H](OC)C[C@H](C)O[C@@H]4C)O[C@@H]3C)O[C@@H]2C)OC(C)[C@@H]1O. The lowest BCUT2D eigenvalue weighted by Gasteiger charge is -2.46.